The summed E-state index contributed by atoms with van der Waals surface area (Å²) in [5.74, 6) is 2.64. The number of methoxy groups -OCH3 is 3. The first kappa shape index (κ1) is 21.8. The number of guanidine groups is 1. The maximum atomic E-state index is 5.43. The van der Waals surface area contributed by atoms with Crippen molar-refractivity contribution >= 4 is 5.96 Å². The van der Waals surface area contributed by atoms with E-state index < -0.39 is 0 Å². The van der Waals surface area contributed by atoms with Gasteiger partial charge in [-0.2, -0.15) is 0 Å². The van der Waals surface area contributed by atoms with E-state index >= 15 is 0 Å². The van der Waals surface area contributed by atoms with E-state index in [4.69, 9.17) is 14.2 Å². The monoisotopic (exact) mass is 412 g/mol. The molecule has 7 nitrogen and oxygen atoms in total. The predicted molar refractivity (Wildman–Crippen MR) is 120 cm³/mol. The third kappa shape index (κ3) is 5.36. The van der Waals surface area contributed by atoms with E-state index in [1.165, 1.54) is 11.1 Å². The largest absolute Gasteiger partial charge is 0.493 e. The van der Waals surface area contributed by atoms with Crippen LogP contribution < -0.4 is 24.8 Å². The van der Waals surface area contributed by atoms with Crippen LogP contribution in [0.4, 0.5) is 0 Å². The molecule has 0 unspecified atom stereocenters. The lowest BCUT2D eigenvalue weighted by Crippen LogP contribution is -2.42. The molecular weight excluding hydrogens is 380 g/mol. The molecule has 0 radical (unpaired) electrons. The number of ether oxygens (including phenoxy) is 3. The van der Waals surface area contributed by atoms with Gasteiger partial charge in [-0.3, -0.25) is 9.89 Å². The highest BCUT2D eigenvalue weighted by atomic mass is 16.5. The molecule has 0 amide bonds. The molecule has 1 aliphatic heterocycles. The van der Waals surface area contributed by atoms with E-state index in [0.717, 1.165) is 44.1 Å². The summed E-state index contributed by atoms with van der Waals surface area (Å²) in [5, 5.41) is 6.75. The quantitative estimate of drug-likeness (QED) is 0.513. The van der Waals surface area contributed by atoms with Gasteiger partial charge in [0, 0.05) is 39.8 Å². The van der Waals surface area contributed by atoms with Gasteiger partial charge in [0.15, 0.2) is 17.5 Å². The zero-order chi connectivity index (χ0) is 21.3. The summed E-state index contributed by atoms with van der Waals surface area (Å²) in [4.78, 5) is 6.80. The number of nitrogens with zero attached hydrogens (tertiary/aromatic N) is 2. The van der Waals surface area contributed by atoms with Crippen LogP contribution in [0.15, 0.2) is 41.4 Å². The first-order chi connectivity index (χ1) is 14.7. The fourth-order valence-electron chi connectivity index (χ4n) is 3.72. The van der Waals surface area contributed by atoms with Crippen molar-refractivity contribution in [1.82, 2.24) is 15.5 Å². The van der Waals surface area contributed by atoms with Gasteiger partial charge in [0.25, 0.3) is 0 Å². The standard InChI is InChI=1S/C23H32N4O3/c1-24-23(25-10-12-27-11-9-18-7-5-6-8-19(18)16-27)26-15-17-13-20(28-2)22(30-4)21(14-17)29-3/h5-8,13-14H,9-12,15-16H2,1-4H3,(H2,24,25,26). The lowest BCUT2D eigenvalue weighted by Gasteiger charge is -2.28. The summed E-state index contributed by atoms with van der Waals surface area (Å²) in [6.07, 6.45) is 1.12. The molecule has 1 heterocycles. The third-order valence-corrected chi connectivity index (χ3v) is 5.34. The molecule has 7 heteroatoms. The Bertz CT molecular complexity index is 844. The zero-order valence-electron chi connectivity index (χ0n) is 18.3. The second-order valence-electron chi connectivity index (χ2n) is 7.18. The van der Waals surface area contributed by atoms with Crippen molar-refractivity contribution in [2.24, 2.45) is 4.99 Å². The Morgan fingerprint density at radius 1 is 1.00 bits per heavy atom. The third-order valence-electron chi connectivity index (χ3n) is 5.34. The maximum absolute atomic E-state index is 5.43. The van der Waals surface area contributed by atoms with Gasteiger partial charge < -0.3 is 24.8 Å². The van der Waals surface area contributed by atoms with Crippen LogP contribution in [0.25, 0.3) is 0 Å². The van der Waals surface area contributed by atoms with E-state index in [-0.39, 0.29) is 0 Å². The van der Waals surface area contributed by atoms with Crippen LogP contribution in [-0.4, -0.2) is 58.9 Å². The molecule has 0 fully saturated rings. The van der Waals surface area contributed by atoms with Gasteiger partial charge in [0.1, 0.15) is 0 Å². The first-order valence-electron chi connectivity index (χ1n) is 10.2. The summed E-state index contributed by atoms with van der Waals surface area (Å²) in [6, 6.07) is 12.6. The number of benzene rings is 2. The Hall–Kier alpha value is -2.93. The van der Waals surface area contributed by atoms with E-state index in [9.17, 15) is 0 Å². The molecule has 0 saturated carbocycles. The van der Waals surface area contributed by atoms with Crippen LogP contribution in [0.1, 0.15) is 16.7 Å². The van der Waals surface area contributed by atoms with Gasteiger partial charge in [-0.25, -0.2) is 0 Å². The molecule has 0 aliphatic carbocycles. The summed E-state index contributed by atoms with van der Waals surface area (Å²) >= 11 is 0. The van der Waals surface area contributed by atoms with Gasteiger partial charge in [0.2, 0.25) is 5.75 Å². The minimum absolute atomic E-state index is 0.591. The normalized spacial score (nSPS) is 14.1. The molecule has 162 valence electrons. The Morgan fingerprint density at radius 3 is 2.33 bits per heavy atom. The second kappa shape index (κ2) is 10.7. The fraction of sp³-hybridized carbons (Fsp3) is 0.435. The zero-order valence-corrected chi connectivity index (χ0v) is 18.3. The van der Waals surface area contributed by atoms with Crippen LogP contribution in [0, 0.1) is 0 Å². The van der Waals surface area contributed by atoms with Crippen LogP contribution >= 0.6 is 0 Å². The van der Waals surface area contributed by atoms with E-state index in [2.05, 4.69) is 44.8 Å². The number of nitrogens with one attached hydrogen (secondary N) is 2. The van der Waals surface area contributed by atoms with Crippen molar-refractivity contribution in [3.05, 3.63) is 53.1 Å². The minimum atomic E-state index is 0.591. The van der Waals surface area contributed by atoms with Crippen molar-refractivity contribution in [3.63, 3.8) is 0 Å². The summed E-state index contributed by atoms with van der Waals surface area (Å²) in [5.41, 5.74) is 3.93. The average molecular weight is 413 g/mol. The minimum Gasteiger partial charge on any atom is -0.493 e. The van der Waals surface area contributed by atoms with E-state index in [0.29, 0.717) is 23.8 Å². The molecule has 0 saturated heterocycles. The number of rotatable bonds is 8. The molecule has 1 aliphatic rings. The van der Waals surface area contributed by atoms with E-state index in [1.54, 1.807) is 28.4 Å². The maximum Gasteiger partial charge on any atom is 0.203 e. The first-order valence-corrected chi connectivity index (χ1v) is 10.2. The topological polar surface area (TPSA) is 67.4 Å². The highest BCUT2D eigenvalue weighted by Crippen LogP contribution is 2.38. The Kier molecular flexibility index (Phi) is 7.79. The van der Waals surface area contributed by atoms with Crippen molar-refractivity contribution < 1.29 is 14.2 Å². The number of hydrogen-bond donors (Lipinski definition) is 2. The molecule has 2 N–H and O–H groups in total. The van der Waals surface area contributed by atoms with Gasteiger partial charge in [-0.15, -0.1) is 0 Å². The summed E-state index contributed by atoms with van der Waals surface area (Å²) < 4.78 is 16.2. The van der Waals surface area contributed by atoms with Crippen molar-refractivity contribution in [3.8, 4) is 17.2 Å². The van der Waals surface area contributed by atoms with Crippen LogP contribution in [-0.2, 0) is 19.5 Å². The van der Waals surface area contributed by atoms with Gasteiger partial charge in [-0.05, 0) is 35.2 Å². The van der Waals surface area contributed by atoms with Gasteiger partial charge >= 0.3 is 0 Å². The van der Waals surface area contributed by atoms with E-state index in [1.807, 2.05) is 12.1 Å². The van der Waals surface area contributed by atoms with Crippen molar-refractivity contribution in [2.45, 2.75) is 19.5 Å². The van der Waals surface area contributed by atoms with Crippen LogP contribution in [0.5, 0.6) is 17.2 Å². The second-order valence-corrected chi connectivity index (χ2v) is 7.18. The summed E-state index contributed by atoms with van der Waals surface area (Å²) in [7, 11) is 6.62. The molecule has 0 bridgehead atoms. The predicted octanol–water partition coefficient (Wildman–Crippen LogP) is 2.44. The lowest BCUT2D eigenvalue weighted by molar-refractivity contribution is 0.258. The van der Waals surface area contributed by atoms with Crippen molar-refractivity contribution in [1.29, 1.82) is 0 Å². The Morgan fingerprint density at radius 2 is 1.70 bits per heavy atom. The van der Waals surface area contributed by atoms with Crippen molar-refractivity contribution in [2.75, 3.05) is 48.0 Å². The fourth-order valence-corrected chi connectivity index (χ4v) is 3.72. The lowest BCUT2D eigenvalue weighted by atomic mass is 10.00. The number of fused-ring (bicyclic) bond motifs is 1. The molecule has 30 heavy (non-hydrogen) atoms. The van der Waals surface area contributed by atoms with Crippen LogP contribution in [0.2, 0.25) is 0 Å². The highest BCUT2D eigenvalue weighted by molar-refractivity contribution is 5.79. The molecule has 2 aromatic carbocycles. The van der Waals surface area contributed by atoms with Gasteiger partial charge in [-0.1, -0.05) is 24.3 Å². The Labute approximate surface area is 179 Å². The SMILES string of the molecule is CN=C(NCCN1CCc2ccccc2C1)NCc1cc(OC)c(OC)c(OC)c1. The molecule has 0 spiro atoms. The Balaban J connectivity index is 1.50. The molecule has 0 atom stereocenters. The smallest absolute Gasteiger partial charge is 0.203 e. The summed E-state index contributed by atoms with van der Waals surface area (Å²) in [6.45, 7) is 4.50. The average Bonchev–Trinajstić information content (AvgIpc) is 2.80. The number of hydrogen-bond acceptors (Lipinski definition) is 5. The molecule has 2 aromatic rings. The molecule has 0 aromatic heterocycles. The number of aliphatic imine (C=N–C) groups is 1. The molecular formula is C23H32N4O3. The highest BCUT2D eigenvalue weighted by Gasteiger charge is 2.16. The molecule has 3 rings (SSSR count). The van der Waals surface area contributed by atoms with Gasteiger partial charge in [0.05, 0.1) is 21.3 Å². The van der Waals surface area contributed by atoms with Crippen LogP contribution in [0.3, 0.4) is 0 Å².